The fourth-order valence-electron chi connectivity index (χ4n) is 2.67. The Morgan fingerprint density at radius 1 is 1.48 bits per heavy atom. The van der Waals surface area contributed by atoms with Crippen LogP contribution in [0.2, 0.25) is 0 Å². The van der Waals surface area contributed by atoms with E-state index in [1.54, 1.807) is 12.1 Å². The highest BCUT2D eigenvalue weighted by molar-refractivity contribution is 7.14. The molecule has 0 saturated carbocycles. The molecular weight excluding hydrogens is 317 g/mol. The van der Waals surface area contributed by atoms with Crippen molar-refractivity contribution in [3.05, 3.63) is 41.2 Å². The number of nitrogens with zero attached hydrogens (tertiary/aromatic N) is 3. The second-order valence-corrected chi connectivity index (χ2v) is 6.47. The van der Waals surface area contributed by atoms with Crippen molar-refractivity contribution >= 4 is 28.1 Å². The molecule has 1 amide bonds. The van der Waals surface area contributed by atoms with Gasteiger partial charge in [-0.25, -0.2) is 9.37 Å². The predicted octanol–water partition coefficient (Wildman–Crippen LogP) is 2.53. The number of hydrogen-bond donors (Lipinski definition) is 1. The standard InChI is InChI=1S/C16H18FN3O2S/c1-11(21)20(14-4-2-12(17)3-5-14)16-18-13(10-23-16)8-19-7-6-15(22)9-19/h2-5,10,15,22H,6-9H2,1H3/t15-/m0/s1. The highest BCUT2D eigenvalue weighted by Gasteiger charge is 2.22. The summed E-state index contributed by atoms with van der Waals surface area (Å²) in [6.07, 6.45) is 0.521. The second kappa shape index (κ2) is 6.74. The van der Waals surface area contributed by atoms with Crippen molar-refractivity contribution in [2.45, 2.75) is 26.0 Å². The lowest BCUT2D eigenvalue weighted by molar-refractivity contribution is -0.115. The van der Waals surface area contributed by atoms with E-state index in [-0.39, 0.29) is 17.8 Å². The minimum absolute atomic E-state index is 0.172. The summed E-state index contributed by atoms with van der Waals surface area (Å²) in [7, 11) is 0. The Hall–Kier alpha value is -1.83. The van der Waals surface area contributed by atoms with Gasteiger partial charge in [0.2, 0.25) is 5.91 Å². The molecule has 2 aromatic rings. The van der Waals surface area contributed by atoms with E-state index >= 15 is 0 Å². The molecule has 2 heterocycles. The lowest BCUT2D eigenvalue weighted by Gasteiger charge is -2.18. The molecule has 3 rings (SSSR count). The van der Waals surface area contributed by atoms with E-state index in [9.17, 15) is 14.3 Å². The third-order valence-electron chi connectivity index (χ3n) is 3.76. The zero-order valence-corrected chi connectivity index (χ0v) is 13.6. The van der Waals surface area contributed by atoms with Crippen LogP contribution in [0.3, 0.4) is 0 Å². The summed E-state index contributed by atoms with van der Waals surface area (Å²) in [5.74, 6) is -0.515. The zero-order valence-electron chi connectivity index (χ0n) is 12.8. The Kier molecular flexibility index (Phi) is 4.70. The molecule has 1 N–H and O–H groups in total. The Morgan fingerprint density at radius 3 is 2.83 bits per heavy atom. The average Bonchev–Trinajstić information content (AvgIpc) is 3.11. The number of carbonyl (C=O) groups excluding carboxylic acids is 1. The van der Waals surface area contributed by atoms with Crippen LogP contribution in [-0.2, 0) is 11.3 Å². The predicted molar refractivity (Wildman–Crippen MR) is 87.2 cm³/mol. The van der Waals surface area contributed by atoms with Crippen molar-refractivity contribution in [1.29, 1.82) is 0 Å². The number of likely N-dealkylation sites (tertiary alicyclic amines) is 1. The number of aliphatic hydroxyl groups excluding tert-OH is 1. The Labute approximate surface area is 138 Å². The lowest BCUT2D eigenvalue weighted by atomic mass is 10.3. The number of aromatic nitrogens is 1. The van der Waals surface area contributed by atoms with Crippen LogP contribution in [0, 0.1) is 5.82 Å². The van der Waals surface area contributed by atoms with Gasteiger partial charge in [0.1, 0.15) is 5.82 Å². The maximum atomic E-state index is 13.1. The van der Waals surface area contributed by atoms with Crippen LogP contribution in [0.1, 0.15) is 19.0 Å². The number of benzene rings is 1. The molecule has 1 aromatic heterocycles. The minimum atomic E-state index is -0.343. The molecular formula is C16H18FN3O2S. The first-order chi connectivity index (χ1) is 11.0. The number of carbonyl (C=O) groups is 1. The highest BCUT2D eigenvalue weighted by Crippen LogP contribution is 2.29. The van der Waals surface area contributed by atoms with Gasteiger partial charge < -0.3 is 5.11 Å². The molecule has 0 radical (unpaired) electrons. The third kappa shape index (κ3) is 3.74. The number of amides is 1. The van der Waals surface area contributed by atoms with Crippen LogP contribution < -0.4 is 4.90 Å². The van der Waals surface area contributed by atoms with Gasteiger partial charge in [-0.2, -0.15) is 0 Å². The molecule has 1 saturated heterocycles. The number of aliphatic hydroxyl groups is 1. The lowest BCUT2D eigenvalue weighted by Crippen LogP contribution is -2.23. The first-order valence-electron chi connectivity index (χ1n) is 7.44. The van der Waals surface area contributed by atoms with E-state index in [1.807, 2.05) is 5.38 Å². The summed E-state index contributed by atoms with van der Waals surface area (Å²) in [6, 6.07) is 5.78. The summed E-state index contributed by atoms with van der Waals surface area (Å²) in [5, 5.41) is 12.1. The number of halogens is 1. The smallest absolute Gasteiger partial charge is 0.230 e. The van der Waals surface area contributed by atoms with Crippen molar-refractivity contribution in [3.8, 4) is 0 Å². The van der Waals surface area contributed by atoms with E-state index in [4.69, 9.17) is 0 Å². The monoisotopic (exact) mass is 335 g/mol. The fourth-order valence-corrected chi connectivity index (χ4v) is 3.55. The van der Waals surface area contributed by atoms with Crippen LogP contribution in [0.25, 0.3) is 0 Å². The SMILES string of the molecule is CC(=O)N(c1ccc(F)cc1)c1nc(CN2CC[C@H](O)C2)cs1. The normalized spacial score (nSPS) is 18.3. The molecule has 23 heavy (non-hydrogen) atoms. The number of rotatable bonds is 4. The molecule has 0 bridgehead atoms. The van der Waals surface area contributed by atoms with Crippen molar-refractivity contribution < 1.29 is 14.3 Å². The van der Waals surface area contributed by atoms with Crippen molar-refractivity contribution in [2.24, 2.45) is 0 Å². The van der Waals surface area contributed by atoms with Gasteiger partial charge in [-0.05, 0) is 30.7 Å². The fraction of sp³-hybridized carbons (Fsp3) is 0.375. The third-order valence-corrected chi connectivity index (χ3v) is 4.64. The molecule has 5 nitrogen and oxygen atoms in total. The van der Waals surface area contributed by atoms with Gasteiger partial charge in [0.05, 0.1) is 17.5 Å². The summed E-state index contributed by atoms with van der Waals surface area (Å²) in [4.78, 5) is 20.1. The van der Waals surface area contributed by atoms with Crippen molar-refractivity contribution in [2.75, 3.05) is 18.0 Å². The van der Waals surface area contributed by atoms with E-state index in [0.717, 1.165) is 18.7 Å². The largest absolute Gasteiger partial charge is 0.392 e. The molecule has 7 heteroatoms. The molecule has 0 spiro atoms. The summed E-state index contributed by atoms with van der Waals surface area (Å²) in [5.41, 5.74) is 1.46. The van der Waals surface area contributed by atoms with Crippen LogP contribution in [0.5, 0.6) is 0 Å². The van der Waals surface area contributed by atoms with E-state index in [2.05, 4.69) is 9.88 Å². The van der Waals surface area contributed by atoms with Gasteiger partial charge in [-0.1, -0.05) is 0 Å². The first kappa shape index (κ1) is 16.0. The Morgan fingerprint density at radius 2 is 2.22 bits per heavy atom. The molecule has 122 valence electrons. The van der Waals surface area contributed by atoms with Crippen LogP contribution in [0.4, 0.5) is 15.2 Å². The molecule has 1 aromatic carbocycles. The molecule has 1 atom stereocenters. The topological polar surface area (TPSA) is 56.7 Å². The maximum absolute atomic E-state index is 13.1. The van der Waals surface area contributed by atoms with E-state index < -0.39 is 0 Å². The highest BCUT2D eigenvalue weighted by atomic mass is 32.1. The average molecular weight is 335 g/mol. The van der Waals surface area contributed by atoms with Gasteiger partial charge >= 0.3 is 0 Å². The summed E-state index contributed by atoms with van der Waals surface area (Å²) in [6.45, 7) is 3.62. The van der Waals surface area contributed by atoms with E-state index in [1.165, 1.54) is 35.3 Å². The summed E-state index contributed by atoms with van der Waals surface area (Å²) < 4.78 is 13.1. The minimum Gasteiger partial charge on any atom is -0.392 e. The molecule has 1 aliphatic rings. The molecule has 1 fully saturated rings. The number of hydrogen-bond acceptors (Lipinski definition) is 5. The van der Waals surface area contributed by atoms with Gasteiger partial charge in [-0.15, -0.1) is 11.3 Å². The molecule has 1 aliphatic heterocycles. The molecule has 0 unspecified atom stereocenters. The van der Waals surface area contributed by atoms with Gasteiger partial charge in [-0.3, -0.25) is 14.6 Å². The Bertz CT molecular complexity index is 689. The summed E-state index contributed by atoms with van der Waals surface area (Å²) >= 11 is 1.38. The quantitative estimate of drug-likeness (QED) is 0.933. The van der Waals surface area contributed by atoms with Gasteiger partial charge in [0, 0.05) is 31.9 Å². The van der Waals surface area contributed by atoms with Crippen LogP contribution in [0.15, 0.2) is 29.6 Å². The van der Waals surface area contributed by atoms with E-state index in [0.29, 0.717) is 23.9 Å². The number of β-amino-alcohol motifs (C(OH)–C–C–N with tert-alkyl or cyclic N) is 1. The maximum Gasteiger partial charge on any atom is 0.230 e. The van der Waals surface area contributed by atoms with Gasteiger partial charge in [0.25, 0.3) is 0 Å². The van der Waals surface area contributed by atoms with Crippen molar-refractivity contribution in [1.82, 2.24) is 9.88 Å². The number of thiazole rings is 1. The number of anilines is 2. The van der Waals surface area contributed by atoms with Gasteiger partial charge in [0.15, 0.2) is 5.13 Å². The Balaban J connectivity index is 1.78. The first-order valence-corrected chi connectivity index (χ1v) is 8.32. The van der Waals surface area contributed by atoms with Crippen LogP contribution >= 0.6 is 11.3 Å². The van der Waals surface area contributed by atoms with Crippen LogP contribution in [-0.4, -0.2) is 40.1 Å². The zero-order chi connectivity index (χ0) is 16.4. The molecule has 0 aliphatic carbocycles. The second-order valence-electron chi connectivity index (χ2n) is 5.63. The van der Waals surface area contributed by atoms with Crippen molar-refractivity contribution in [3.63, 3.8) is 0 Å².